The van der Waals surface area contributed by atoms with Crippen molar-refractivity contribution in [3.8, 4) is 0 Å². The molecule has 1 aliphatic carbocycles. The standard InChI is InChI=1S/C16H28O2/c1-5-6-7-8-16(17)18-15-11-13(4)9-10-14(15)12(2)3/h7-8,12-15H,5-6,9-11H2,1-4H3/b8-7+. The Morgan fingerprint density at radius 1 is 1.39 bits per heavy atom. The van der Waals surface area contributed by atoms with E-state index in [1.54, 1.807) is 6.08 Å². The van der Waals surface area contributed by atoms with Crippen LogP contribution in [0.2, 0.25) is 0 Å². The van der Waals surface area contributed by atoms with E-state index >= 15 is 0 Å². The summed E-state index contributed by atoms with van der Waals surface area (Å²) in [7, 11) is 0. The summed E-state index contributed by atoms with van der Waals surface area (Å²) in [6, 6.07) is 0. The average molecular weight is 252 g/mol. The zero-order valence-corrected chi connectivity index (χ0v) is 12.3. The molecule has 2 heteroatoms. The Balaban J connectivity index is 2.52. The Morgan fingerprint density at radius 3 is 2.72 bits per heavy atom. The van der Waals surface area contributed by atoms with Gasteiger partial charge in [-0.3, -0.25) is 0 Å². The van der Waals surface area contributed by atoms with Gasteiger partial charge in [-0.05, 0) is 37.0 Å². The molecule has 0 aromatic rings. The Hall–Kier alpha value is -0.790. The molecule has 0 bridgehead atoms. The van der Waals surface area contributed by atoms with Crippen LogP contribution in [0.15, 0.2) is 12.2 Å². The second-order valence-corrected chi connectivity index (χ2v) is 5.99. The molecule has 0 spiro atoms. The fourth-order valence-electron chi connectivity index (χ4n) is 2.78. The van der Waals surface area contributed by atoms with Gasteiger partial charge in [-0.15, -0.1) is 0 Å². The van der Waals surface area contributed by atoms with Gasteiger partial charge in [0.25, 0.3) is 0 Å². The zero-order valence-electron chi connectivity index (χ0n) is 12.3. The Kier molecular flexibility index (Phi) is 6.45. The third-order valence-electron chi connectivity index (χ3n) is 3.94. The zero-order chi connectivity index (χ0) is 13.5. The van der Waals surface area contributed by atoms with Gasteiger partial charge in [0.05, 0.1) is 0 Å². The Bertz CT molecular complexity index is 281. The first-order chi connectivity index (χ1) is 8.54. The number of carbonyl (C=O) groups excluding carboxylic acids is 1. The molecule has 0 aromatic heterocycles. The second-order valence-electron chi connectivity index (χ2n) is 5.99. The fraction of sp³-hybridized carbons (Fsp3) is 0.812. The molecule has 0 amide bonds. The van der Waals surface area contributed by atoms with Gasteiger partial charge in [-0.25, -0.2) is 4.79 Å². The van der Waals surface area contributed by atoms with Gasteiger partial charge in [-0.2, -0.15) is 0 Å². The molecule has 3 atom stereocenters. The fourth-order valence-corrected chi connectivity index (χ4v) is 2.78. The first-order valence-electron chi connectivity index (χ1n) is 7.41. The summed E-state index contributed by atoms with van der Waals surface area (Å²) in [5, 5.41) is 0. The van der Waals surface area contributed by atoms with Crippen LogP contribution in [0, 0.1) is 17.8 Å². The Labute approximate surface area is 112 Å². The maximum Gasteiger partial charge on any atom is 0.330 e. The molecule has 0 heterocycles. The minimum Gasteiger partial charge on any atom is -0.459 e. The van der Waals surface area contributed by atoms with E-state index in [0.717, 1.165) is 19.3 Å². The van der Waals surface area contributed by atoms with Crippen LogP contribution in [0.25, 0.3) is 0 Å². The monoisotopic (exact) mass is 252 g/mol. The van der Waals surface area contributed by atoms with Crippen molar-refractivity contribution in [1.82, 2.24) is 0 Å². The van der Waals surface area contributed by atoms with E-state index in [4.69, 9.17) is 4.74 Å². The van der Waals surface area contributed by atoms with E-state index in [2.05, 4.69) is 27.7 Å². The largest absolute Gasteiger partial charge is 0.459 e. The summed E-state index contributed by atoms with van der Waals surface area (Å²) in [6.45, 7) is 8.82. The second kappa shape index (κ2) is 7.60. The van der Waals surface area contributed by atoms with Crippen LogP contribution in [-0.4, -0.2) is 12.1 Å². The maximum absolute atomic E-state index is 11.8. The number of hydrogen-bond acceptors (Lipinski definition) is 2. The molecule has 1 fully saturated rings. The van der Waals surface area contributed by atoms with Gasteiger partial charge < -0.3 is 4.74 Å². The highest BCUT2D eigenvalue weighted by Gasteiger charge is 2.32. The van der Waals surface area contributed by atoms with Crippen LogP contribution in [-0.2, 0) is 9.53 Å². The molecule has 0 aliphatic heterocycles. The predicted octanol–water partition coefficient (Wildman–Crippen LogP) is 4.35. The quantitative estimate of drug-likeness (QED) is 0.537. The average Bonchev–Trinajstić information content (AvgIpc) is 2.29. The maximum atomic E-state index is 11.8. The summed E-state index contributed by atoms with van der Waals surface area (Å²) in [4.78, 5) is 11.8. The summed E-state index contributed by atoms with van der Waals surface area (Å²) in [6.07, 6.45) is 9.13. The molecule has 0 saturated heterocycles. The highest BCUT2D eigenvalue weighted by atomic mass is 16.5. The van der Waals surface area contributed by atoms with Crippen LogP contribution in [0.5, 0.6) is 0 Å². The van der Waals surface area contributed by atoms with Gasteiger partial charge in [-0.1, -0.05) is 46.6 Å². The Morgan fingerprint density at radius 2 is 2.11 bits per heavy atom. The minimum atomic E-state index is -0.159. The normalized spacial score (nSPS) is 28.8. The molecule has 0 radical (unpaired) electrons. The van der Waals surface area contributed by atoms with Gasteiger partial charge >= 0.3 is 5.97 Å². The minimum absolute atomic E-state index is 0.118. The van der Waals surface area contributed by atoms with E-state index in [0.29, 0.717) is 17.8 Å². The number of esters is 1. The lowest BCUT2D eigenvalue weighted by molar-refractivity contribution is -0.149. The summed E-state index contributed by atoms with van der Waals surface area (Å²) < 4.78 is 5.66. The van der Waals surface area contributed by atoms with Crippen LogP contribution in [0.3, 0.4) is 0 Å². The van der Waals surface area contributed by atoms with Gasteiger partial charge in [0.2, 0.25) is 0 Å². The van der Waals surface area contributed by atoms with E-state index in [1.165, 1.54) is 12.8 Å². The topological polar surface area (TPSA) is 26.3 Å². The van der Waals surface area contributed by atoms with Crippen LogP contribution in [0.1, 0.15) is 59.8 Å². The smallest absolute Gasteiger partial charge is 0.330 e. The lowest BCUT2D eigenvalue weighted by atomic mass is 9.75. The van der Waals surface area contributed by atoms with Crippen LogP contribution >= 0.6 is 0 Å². The van der Waals surface area contributed by atoms with Crippen molar-refractivity contribution in [1.29, 1.82) is 0 Å². The molecule has 0 N–H and O–H groups in total. The van der Waals surface area contributed by atoms with Gasteiger partial charge in [0, 0.05) is 6.08 Å². The van der Waals surface area contributed by atoms with E-state index in [9.17, 15) is 4.79 Å². The predicted molar refractivity (Wildman–Crippen MR) is 75.3 cm³/mol. The highest BCUT2D eigenvalue weighted by molar-refractivity contribution is 5.82. The number of ether oxygens (including phenoxy) is 1. The molecule has 1 aliphatic rings. The molecule has 3 unspecified atom stereocenters. The summed E-state index contributed by atoms with van der Waals surface area (Å²) in [5.41, 5.74) is 0. The molecule has 1 saturated carbocycles. The van der Waals surface area contributed by atoms with Crippen molar-refractivity contribution in [2.75, 3.05) is 0 Å². The van der Waals surface area contributed by atoms with Crippen molar-refractivity contribution >= 4 is 5.97 Å². The first-order valence-corrected chi connectivity index (χ1v) is 7.41. The van der Waals surface area contributed by atoms with E-state index in [1.807, 2.05) is 6.08 Å². The van der Waals surface area contributed by atoms with Crippen molar-refractivity contribution in [3.63, 3.8) is 0 Å². The van der Waals surface area contributed by atoms with E-state index in [-0.39, 0.29) is 12.1 Å². The summed E-state index contributed by atoms with van der Waals surface area (Å²) in [5.74, 6) is 1.64. The first kappa shape index (κ1) is 15.3. The number of rotatable bonds is 5. The molecular weight excluding hydrogens is 224 g/mol. The third kappa shape index (κ3) is 4.83. The van der Waals surface area contributed by atoms with E-state index < -0.39 is 0 Å². The molecule has 2 nitrogen and oxygen atoms in total. The molecule has 104 valence electrons. The number of hydrogen-bond donors (Lipinski definition) is 0. The molecule has 18 heavy (non-hydrogen) atoms. The molecule has 1 rings (SSSR count). The third-order valence-corrected chi connectivity index (χ3v) is 3.94. The van der Waals surface area contributed by atoms with Crippen molar-refractivity contribution in [3.05, 3.63) is 12.2 Å². The highest BCUT2D eigenvalue weighted by Crippen LogP contribution is 2.35. The summed E-state index contributed by atoms with van der Waals surface area (Å²) >= 11 is 0. The lowest BCUT2D eigenvalue weighted by Crippen LogP contribution is -2.35. The van der Waals surface area contributed by atoms with Crippen LogP contribution < -0.4 is 0 Å². The molecule has 0 aromatic carbocycles. The van der Waals surface area contributed by atoms with Gasteiger partial charge in [0.15, 0.2) is 0 Å². The van der Waals surface area contributed by atoms with Crippen LogP contribution in [0.4, 0.5) is 0 Å². The van der Waals surface area contributed by atoms with Crippen molar-refractivity contribution < 1.29 is 9.53 Å². The van der Waals surface area contributed by atoms with Crippen molar-refractivity contribution in [2.45, 2.75) is 65.9 Å². The lowest BCUT2D eigenvalue weighted by Gasteiger charge is -2.36. The molecular formula is C16H28O2. The van der Waals surface area contributed by atoms with Crippen molar-refractivity contribution in [2.24, 2.45) is 17.8 Å². The number of carbonyl (C=O) groups is 1. The van der Waals surface area contributed by atoms with Gasteiger partial charge in [0.1, 0.15) is 6.10 Å². The number of allylic oxidation sites excluding steroid dienone is 1. The SMILES string of the molecule is CCC/C=C/C(=O)OC1CC(C)CCC1C(C)C. The number of unbranched alkanes of at least 4 members (excludes halogenated alkanes) is 1.